The van der Waals surface area contributed by atoms with Gasteiger partial charge < -0.3 is 9.90 Å². The highest BCUT2D eigenvalue weighted by Crippen LogP contribution is 2.45. The molecule has 2 atom stereocenters. The molecular weight excluding hydrogens is 116 g/mol. The lowest BCUT2D eigenvalue weighted by Gasteiger charge is -1.97. The molecule has 0 bridgehead atoms. The van der Waals surface area contributed by atoms with Crippen LogP contribution in [0.3, 0.4) is 0 Å². The van der Waals surface area contributed by atoms with Crippen molar-refractivity contribution in [1.82, 2.24) is 0 Å². The molecule has 1 saturated carbocycles. The number of carbonyl (C=O) groups is 1. The van der Waals surface area contributed by atoms with Gasteiger partial charge in [0.1, 0.15) is 5.78 Å². The van der Waals surface area contributed by atoms with Crippen molar-refractivity contribution < 1.29 is 9.90 Å². The summed E-state index contributed by atoms with van der Waals surface area (Å²) in [6, 6.07) is 0. The average Bonchev–Trinajstić information content (AvgIpc) is 2.10. The Morgan fingerprint density at radius 3 is 2.44 bits per heavy atom. The van der Waals surface area contributed by atoms with Gasteiger partial charge in [0, 0.05) is 6.42 Å². The van der Waals surface area contributed by atoms with Gasteiger partial charge in [0.25, 0.3) is 0 Å². The van der Waals surface area contributed by atoms with Gasteiger partial charge in [-0.05, 0) is 26.2 Å². The van der Waals surface area contributed by atoms with Gasteiger partial charge in [0.15, 0.2) is 0 Å². The SMILES string of the molecule is CC(=O)C[C@H]1C[C@@]1(C)O. The van der Waals surface area contributed by atoms with E-state index in [0.717, 1.165) is 6.42 Å². The Morgan fingerprint density at radius 2 is 2.33 bits per heavy atom. The van der Waals surface area contributed by atoms with Crippen LogP contribution in [0.25, 0.3) is 0 Å². The van der Waals surface area contributed by atoms with Gasteiger partial charge >= 0.3 is 0 Å². The maximum Gasteiger partial charge on any atom is 0.130 e. The summed E-state index contributed by atoms with van der Waals surface area (Å²) < 4.78 is 0. The third kappa shape index (κ3) is 1.52. The molecule has 0 aliphatic heterocycles. The van der Waals surface area contributed by atoms with Crippen LogP contribution in [0.5, 0.6) is 0 Å². The van der Waals surface area contributed by atoms with E-state index < -0.39 is 5.60 Å². The summed E-state index contributed by atoms with van der Waals surface area (Å²) in [5.41, 5.74) is -0.522. The van der Waals surface area contributed by atoms with Crippen LogP contribution in [0.1, 0.15) is 26.7 Å². The number of hydrogen-bond donors (Lipinski definition) is 1. The molecule has 52 valence electrons. The molecule has 0 aromatic carbocycles. The maximum absolute atomic E-state index is 10.5. The minimum Gasteiger partial charge on any atom is -0.390 e. The summed E-state index contributed by atoms with van der Waals surface area (Å²) >= 11 is 0. The number of hydrogen-bond acceptors (Lipinski definition) is 2. The molecule has 1 aliphatic rings. The average molecular weight is 128 g/mol. The first kappa shape index (κ1) is 6.75. The first-order valence-electron chi connectivity index (χ1n) is 3.24. The van der Waals surface area contributed by atoms with Crippen LogP contribution in [0.4, 0.5) is 0 Å². The third-order valence-electron chi connectivity index (χ3n) is 1.91. The van der Waals surface area contributed by atoms with Gasteiger partial charge in [-0.15, -0.1) is 0 Å². The summed E-state index contributed by atoms with van der Waals surface area (Å²) in [5, 5.41) is 9.19. The minimum atomic E-state index is -0.522. The zero-order valence-corrected chi connectivity index (χ0v) is 5.85. The highest BCUT2D eigenvalue weighted by Gasteiger charge is 2.48. The molecule has 0 unspecified atom stereocenters. The zero-order valence-electron chi connectivity index (χ0n) is 5.85. The molecule has 1 aliphatic carbocycles. The highest BCUT2D eigenvalue weighted by molar-refractivity contribution is 5.76. The van der Waals surface area contributed by atoms with Crippen molar-refractivity contribution in [2.75, 3.05) is 0 Å². The Morgan fingerprint density at radius 1 is 1.89 bits per heavy atom. The van der Waals surface area contributed by atoms with Gasteiger partial charge in [0.2, 0.25) is 0 Å². The normalized spacial score (nSPS) is 40.6. The van der Waals surface area contributed by atoms with Crippen molar-refractivity contribution in [2.45, 2.75) is 32.3 Å². The molecule has 2 heteroatoms. The monoisotopic (exact) mass is 128 g/mol. The van der Waals surface area contributed by atoms with Crippen LogP contribution in [0.2, 0.25) is 0 Å². The lowest BCUT2D eigenvalue weighted by molar-refractivity contribution is -0.117. The van der Waals surface area contributed by atoms with Crippen LogP contribution in [0, 0.1) is 5.92 Å². The minimum absolute atomic E-state index is 0.178. The summed E-state index contributed by atoms with van der Waals surface area (Å²) in [7, 11) is 0. The molecule has 0 aromatic heterocycles. The topological polar surface area (TPSA) is 37.3 Å². The fourth-order valence-electron chi connectivity index (χ4n) is 1.08. The summed E-state index contributed by atoms with van der Waals surface area (Å²) in [4.78, 5) is 10.5. The van der Waals surface area contributed by atoms with Gasteiger partial charge in [-0.1, -0.05) is 0 Å². The van der Waals surface area contributed by atoms with Crippen LogP contribution in [-0.4, -0.2) is 16.5 Å². The molecule has 1 fully saturated rings. The molecule has 0 aromatic rings. The predicted octanol–water partition coefficient (Wildman–Crippen LogP) is 0.736. The Hall–Kier alpha value is -0.370. The molecule has 0 heterocycles. The van der Waals surface area contributed by atoms with Gasteiger partial charge in [0.05, 0.1) is 5.60 Å². The Labute approximate surface area is 54.9 Å². The lowest BCUT2D eigenvalue weighted by Crippen LogP contribution is -2.05. The van der Waals surface area contributed by atoms with Crippen molar-refractivity contribution in [3.8, 4) is 0 Å². The van der Waals surface area contributed by atoms with Crippen molar-refractivity contribution >= 4 is 5.78 Å². The Bertz CT molecular complexity index is 138. The van der Waals surface area contributed by atoms with E-state index in [0.29, 0.717) is 6.42 Å². The van der Waals surface area contributed by atoms with E-state index in [4.69, 9.17) is 0 Å². The van der Waals surface area contributed by atoms with E-state index >= 15 is 0 Å². The van der Waals surface area contributed by atoms with Crippen LogP contribution >= 0.6 is 0 Å². The molecule has 0 spiro atoms. The number of ketones is 1. The van der Waals surface area contributed by atoms with E-state index in [1.807, 2.05) is 0 Å². The molecule has 2 nitrogen and oxygen atoms in total. The number of aliphatic hydroxyl groups is 1. The molecule has 1 rings (SSSR count). The summed E-state index contributed by atoms with van der Waals surface area (Å²) in [6.45, 7) is 3.34. The van der Waals surface area contributed by atoms with E-state index in [-0.39, 0.29) is 11.7 Å². The zero-order chi connectivity index (χ0) is 7.07. The van der Waals surface area contributed by atoms with Crippen LogP contribution in [0.15, 0.2) is 0 Å². The number of carbonyl (C=O) groups excluding carboxylic acids is 1. The largest absolute Gasteiger partial charge is 0.390 e. The van der Waals surface area contributed by atoms with Crippen molar-refractivity contribution in [3.63, 3.8) is 0 Å². The second-order valence-electron chi connectivity index (χ2n) is 3.16. The fraction of sp³-hybridized carbons (Fsp3) is 0.857. The molecule has 9 heavy (non-hydrogen) atoms. The van der Waals surface area contributed by atoms with E-state index in [9.17, 15) is 9.90 Å². The van der Waals surface area contributed by atoms with E-state index in [1.165, 1.54) is 0 Å². The standard InChI is InChI=1S/C7H12O2/c1-5(8)3-6-4-7(6,2)9/h6,9H,3-4H2,1-2H3/t6-,7+/m0/s1. The van der Waals surface area contributed by atoms with E-state index in [1.54, 1.807) is 13.8 Å². The number of rotatable bonds is 2. The Balaban J connectivity index is 2.28. The van der Waals surface area contributed by atoms with Crippen LogP contribution in [-0.2, 0) is 4.79 Å². The first-order valence-corrected chi connectivity index (χ1v) is 3.24. The molecule has 0 radical (unpaired) electrons. The molecule has 0 amide bonds. The quantitative estimate of drug-likeness (QED) is 0.595. The molecule has 0 saturated heterocycles. The van der Waals surface area contributed by atoms with Crippen LogP contribution < -0.4 is 0 Å². The van der Waals surface area contributed by atoms with Crippen molar-refractivity contribution in [1.29, 1.82) is 0 Å². The second-order valence-corrected chi connectivity index (χ2v) is 3.16. The van der Waals surface area contributed by atoms with E-state index in [2.05, 4.69) is 0 Å². The molecular formula is C7H12O2. The lowest BCUT2D eigenvalue weighted by atomic mass is 10.2. The first-order chi connectivity index (χ1) is 4.02. The Kier molecular flexibility index (Phi) is 1.35. The molecule has 1 N–H and O–H groups in total. The maximum atomic E-state index is 10.5. The van der Waals surface area contributed by atoms with Gasteiger partial charge in [-0.2, -0.15) is 0 Å². The van der Waals surface area contributed by atoms with Crippen molar-refractivity contribution in [2.24, 2.45) is 5.92 Å². The highest BCUT2D eigenvalue weighted by atomic mass is 16.3. The third-order valence-corrected chi connectivity index (χ3v) is 1.91. The van der Waals surface area contributed by atoms with Gasteiger partial charge in [-0.3, -0.25) is 0 Å². The fourth-order valence-corrected chi connectivity index (χ4v) is 1.08. The van der Waals surface area contributed by atoms with Gasteiger partial charge in [-0.25, -0.2) is 0 Å². The second kappa shape index (κ2) is 1.81. The summed E-state index contributed by atoms with van der Waals surface area (Å²) in [6.07, 6.45) is 1.35. The summed E-state index contributed by atoms with van der Waals surface area (Å²) in [5.74, 6) is 0.424. The predicted molar refractivity (Wildman–Crippen MR) is 34.0 cm³/mol. The smallest absolute Gasteiger partial charge is 0.130 e. The number of Topliss-reactive ketones (excluding diaryl/α,β-unsaturated/α-hetero) is 1. The van der Waals surface area contributed by atoms with Crippen molar-refractivity contribution in [3.05, 3.63) is 0 Å².